The van der Waals surface area contributed by atoms with Crippen LogP contribution < -0.4 is 10.2 Å². The maximum absolute atomic E-state index is 5.70. The van der Waals surface area contributed by atoms with Crippen LogP contribution in [0.25, 0.3) is 0 Å². The van der Waals surface area contributed by atoms with Crippen LogP contribution in [0.5, 0.6) is 0 Å². The van der Waals surface area contributed by atoms with E-state index in [2.05, 4.69) is 43.3 Å². The van der Waals surface area contributed by atoms with Crippen molar-refractivity contribution in [3.8, 4) is 0 Å². The van der Waals surface area contributed by atoms with E-state index in [1.54, 1.807) is 11.3 Å². The molecule has 1 N–H and O–H groups in total. The maximum atomic E-state index is 5.70. The summed E-state index contributed by atoms with van der Waals surface area (Å²) in [5.74, 6) is 0. The second-order valence-corrected chi connectivity index (χ2v) is 6.91. The summed E-state index contributed by atoms with van der Waals surface area (Å²) < 4.78 is 5.70. The van der Waals surface area contributed by atoms with E-state index in [4.69, 9.17) is 9.72 Å². The van der Waals surface area contributed by atoms with Gasteiger partial charge in [0, 0.05) is 30.6 Å². The molecule has 1 atom stereocenters. The molecule has 1 aliphatic heterocycles. The molecule has 108 valence electrons. The number of aromatic nitrogens is 1. The van der Waals surface area contributed by atoms with E-state index in [1.165, 1.54) is 0 Å². The number of morpholine rings is 1. The summed E-state index contributed by atoms with van der Waals surface area (Å²) in [6.07, 6.45) is 1.43. The van der Waals surface area contributed by atoms with Crippen LogP contribution in [-0.4, -0.2) is 36.3 Å². The minimum absolute atomic E-state index is 0.135. The van der Waals surface area contributed by atoms with Gasteiger partial charge in [0.25, 0.3) is 0 Å². The molecule has 1 fully saturated rings. The fraction of sp³-hybridized carbons (Fsp3) is 0.786. The van der Waals surface area contributed by atoms with Crippen LogP contribution in [0.3, 0.4) is 0 Å². The van der Waals surface area contributed by atoms with Gasteiger partial charge in [-0.2, -0.15) is 0 Å². The molecule has 5 heteroatoms. The number of rotatable bonds is 4. The molecule has 2 heterocycles. The molecule has 1 aliphatic rings. The number of nitrogens with one attached hydrogen (secondary N) is 1. The number of hydrogen-bond donors (Lipinski definition) is 1. The number of anilines is 1. The molecule has 0 radical (unpaired) electrons. The van der Waals surface area contributed by atoms with Crippen molar-refractivity contribution in [2.24, 2.45) is 0 Å². The Morgan fingerprint density at radius 3 is 3.00 bits per heavy atom. The average molecular weight is 283 g/mol. The fourth-order valence-corrected chi connectivity index (χ4v) is 2.88. The summed E-state index contributed by atoms with van der Waals surface area (Å²) in [5, 5.41) is 6.76. The molecule has 0 bridgehead atoms. The molecular formula is C14H25N3OS. The van der Waals surface area contributed by atoms with Crippen molar-refractivity contribution < 1.29 is 4.74 Å². The normalized spacial score (nSPS) is 20.8. The van der Waals surface area contributed by atoms with Crippen LogP contribution in [0, 0.1) is 0 Å². The number of nitrogens with zero attached hydrogens (tertiary/aromatic N) is 2. The maximum Gasteiger partial charge on any atom is 0.185 e. The summed E-state index contributed by atoms with van der Waals surface area (Å²) in [6.45, 7) is 12.3. The quantitative estimate of drug-likeness (QED) is 0.922. The Bertz CT molecular complexity index is 400. The third-order valence-electron chi connectivity index (χ3n) is 3.20. The molecule has 1 unspecified atom stereocenters. The molecular weight excluding hydrogens is 258 g/mol. The summed E-state index contributed by atoms with van der Waals surface area (Å²) in [4.78, 5) is 7.08. The summed E-state index contributed by atoms with van der Waals surface area (Å²) >= 11 is 1.74. The van der Waals surface area contributed by atoms with Gasteiger partial charge < -0.3 is 15.0 Å². The predicted molar refractivity (Wildman–Crippen MR) is 81.0 cm³/mol. The highest BCUT2D eigenvalue weighted by atomic mass is 32.1. The molecule has 0 aromatic carbocycles. The van der Waals surface area contributed by atoms with Crippen LogP contribution in [0.4, 0.5) is 5.13 Å². The highest BCUT2D eigenvalue weighted by Crippen LogP contribution is 2.23. The van der Waals surface area contributed by atoms with Gasteiger partial charge in [-0.05, 0) is 27.2 Å². The molecule has 4 nitrogen and oxygen atoms in total. The Labute approximate surface area is 120 Å². The Hall–Kier alpha value is -0.650. The van der Waals surface area contributed by atoms with Gasteiger partial charge in [0.1, 0.15) is 0 Å². The zero-order valence-corrected chi connectivity index (χ0v) is 13.2. The molecule has 1 saturated heterocycles. The third-order valence-corrected chi connectivity index (χ3v) is 4.15. The van der Waals surface area contributed by atoms with Gasteiger partial charge in [-0.15, -0.1) is 11.3 Å². The summed E-state index contributed by atoms with van der Waals surface area (Å²) in [7, 11) is 0. The van der Waals surface area contributed by atoms with E-state index in [1.807, 2.05) is 0 Å². The predicted octanol–water partition coefficient (Wildman–Crippen LogP) is 2.65. The average Bonchev–Trinajstić information content (AvgIpc) is 2.84. The van der Waals surface area contributed by atoms with E-state index < -0.39 is 0 Å². The standard InChI is InChI=1S/C14H25N3OS/c1-5-12-9-17(6-7-18-12)13-16-11(10-19-13)8-15-14(2,3)4/h10,12,15H,5-9H2,1-4H3. The third kappa shape index (κ3) is 4.44. The minimum atomic E-state index is 0.135. The van der Waals surface area contributed by atoms with Crippen molar-refractivity contribution in [1.29, 1.82) is 0 Å². The van der Waals surface area contributed by atoms with Gasteiger partial charge in [0.05, 0.1) is 18.4 Å². The van der Waals surface area contributed by atoms with E-state index in [9.17, 15) is 0 Å². The molecule has 1 aromatic heterocycles. The van der Waals surface area contributed by atoms with Crippen LogP contribution in [-0.2, 0) is 11.3 Å². The molecule has 0 amide bonds. The Kier molecular flexibility index (Phi) is 4.81. The highest BCUT2D eigenvalue weighted by molar-refractivity contribution is 7.13. The van der Waals surface area contributed by atoms with Crippen LogP contribution in [0.2, 0.25) is 0 Å². The van der Waals surface area contributed by atoms with Crippen molar-refractivity contribution in [1.82, 2.24) is 10.3 Å². The lowest BCUT2D eigenvalue weighted by Gasteiger charge is -2.32. The molecule has 1 aromatic rings. The summed E-state index contributed by atoms with van der Waals surface area (Å²) in [6, 6.07) is 0. The first kappa shape index (κ1) is 14.8. The fourth-order valence-electron chi connectivity index (χ4n) is 2.02. The smallest absolute Gasteiger partial charge is 0.185 e. The first-order chi connectivity index (χ1) is 8.98. The summed E-state index contributed by atoms with van der Waals surface area (Å²) in [5.41, 5.74) is 1.27. The van der Waals surface area contributed by atoms with E-state index in [-0.39, 0.29) is 5.54 Å². The van der Waals surface area contributed by atoms with E-state index in [0.29, 0.717) is 6.10 Å². The lowest BCUT2D eigenvalue weighted by Crippen LogP contribution is -2.42. The first-order valence-electron chi connectivity index (χ1n) is 7.04. The SMILES string of the molecule is CCC1CN(c2nc(CNC(C)(C)C)cs2)CCO1. The van der Waals surface area contributed by atoms with Gasteiger partial charge in [-0.3, -0.25) is 0 Å². The van der Waals surface area contributed by atoms with Crippen molar-refractivity contribution in [3.05, 3.63) is 11.1 Å². The lowest BCUT2D eigenvalue weighted by molar-refractivity contribution is 0.0384. The van der Waals surface area contributed by atoms with Crippen LogP contribution >= 0.6 is 11.3 Å². The minimum Gasteiger partial charge on any atom is -0.375 e. The zero-order valence-electron chi connectivity index (χ0n) is 12.4. The molecule has 0 spiro atoms. The number of thiazole rings is 1. The first-order valence-corrected chi connectivity index (χ1v) is 7.92. The van der Waals surface area contributed by atoms with E-state index in [0.717, 1.165) is 43.5 Å². The molecule has 0 saturated carbocycles. The van der Waals surface area contributed by atoms with Gasteiger partial charge in [0.2, 0.25) is 0 Å². The van der Waals surface area contributed by atoms with Gasteiger partial charge >= 0.3 is 0 Å². The monoisotopic (exact) mass is 283 g/mol. The molecule has 19 heavy (non-hydrogen) atoms. The largest absolute Gasteiger partial charge is 0.375 e. The topological polar surface area (TPSA) is 37.4 Å². The zero-order chi connectivity index (χ0) is 13.9. The van der Waals surface area contributed by atoms with Gasteiger partial charge in [0.15, 0.2) is 5.13 Å². The Morgan fingerprint density at radius 2 is 2.32 bits per heavy atom. The van der Waals surface area contributed by atoms with Crippen molar-refractivity contribution in [2.75, 3.05) is 24.6 Å². The molecule has 0 aliphatic carbocycles. The van der Waals surface area contributed by atoms with Crippen molar-refractivity contribution in [3.63, 3.8) is 0 Å². The Balaban J connectivity index is 1.93. The van der Waals surface area contributed by atoms with E-state index >= 15 is 0 Å². The number of ether oxygens (including phenoxy) is 1. The number of hydrogen-bond acceptors (Lipinski definition) is 5. The second-order valence-electron chi connectivity index (χ2n) is 6.07. The van der Waals surface area contributed by atoms with Crippen molar-refractivity contribution in [2.45, 2.75) is 52.3 Å². The van der Waals surface area contributed by atoms with Gasteiger partial charge in [-0.1, -0.05) is 6.92 Å². The lowest BCUT2D eigenvalue weighted by atomic mass is 10.1. The van der Waals surface area contributed by atoms with Crippen LogP contribution in [0.15, 0.2) is 5.38 Å². The molecule has 2 rings (SSSR count). The van der Waals surface area contributed by atoms with Crippen molar-refractivity contribution >= 4 is 16.5 Å². The van der Waals surface area contributed by atoms with Crippen LogP contribution in [0.1, 0.15) is 39.8 Å². The highest BCUT2D eigenvalue weighted by Gasteiger charge is 2.21. The second kappa shape index (κ2) is 6.20. The Morgan fingerprint density at radius 1 is 1.53 bits per heavy atom. The van der Waals surface area contributed by atoms with Gasteiger partial charge in [-0.25, -0.2) is 4.98 Å².